The Labute approximate surface area is 235 Å². The molecule has 3 aromatic carbocycles. The first-order chi connectivity index (χ1) is 19.5. The first-order valence-electron chi connectivity index (χ1n) is 13.4. The van der Waals surface area contributed by atoms with Gasteiger partial charge in [-0.3, -0.25) is 9.36 Å². The number of carbonyl (C=O) groups is 1. The summed E-state index contributed by atoms with van der Waals surface area (Å²) in [6, 6.07) is 22.6. The summed E-state index contributed by atoms with van der Waals surface area (Å²) in [5.41, 5.74) is 3.82. The second kappa shape index (κ2) is 11.1. The van der Waals surface area contributed by atoms with Crippen molar-refractivity contribution in [2.75, 3.05) is 24.6 Å². The number of ether oxygens (including phenoxy) is 1. The normalized spacial score (nSPS) is 17.1. The molecule has 202 valence electrons. The lowest BCUT2D eigenvalue weighted by molar-refractivity contribution is -0.138. The van der Waals surface area contributed by atoms with Gasteiger partial charge in [0.2, 0.25) is 0 Å². The fourth-order valence-electron chi connectivity index (χ4n) is 5.31. The molecule has 6 rings (SSSR count). The quantitative estimate of drug-likeness (QED) is 0.326. The lowest BCUT2D eigenvalue weighted by atomic mass is 9.93. The highest BCUT2D eigenvalue weighted by atomic mass is 32.1. The number of esters is 1. The summed E-state index contributed by atoms with van der Waals surface area (Å²) in [6.07, 6.45) is 4.27. The van der Waals surface area contributed by atoms with Crippen LogP contribution in [0.2, 0.25) is 0 Å². The minimum atomic E-state index is -0.828. The zero-order valence-electron chi connectivity index (χ0n) is 22.0. The van der Waals surface area contributed by atoms with Gasteiger partial charge in [-0.2, -0.15) is 0 Å². The lowest BCUT2D eigenvalue weighted by Crippen LogP contribution is -2.40. The predicted octanol–water partition coefficient (Wildman–Crippen LogP) is 4.67. The van der Waals surface area contributed by atoms with Gasteiger partial charge in [0.25, 0.3) is 5.56 Å². The Morgan fingerprint density at radius 3 is 2.40 bits per heavy atom. The molecule has 0 amide bonds. The van der Waals surface area contributed by atoms with E-state index in [1.807, 2.05) is 48.5 Å². The summed E-state index contributed by atoms with van der Waals surface area (Å²) in [7, 11) is 0. The van der Waals surface area contributed by atoms with Crippen LogP contribution in [0, 0.1) is 5.82 Å². The maximum absolute atomic E-state index is 13.9. The lowest BCUT2D eigenvalue weighted by Gasteiger charge is -2.25. The number of carbonyl (C=O) groups excluding carboxylic acids is 1. The molecule has 1 atom stereocenters. The Morgan fingerprint density at radius 1 is 1.02 bits per heavy atom. The van der Waals surface area contributed by atoms with Crippen molar-refractivity contribution >= 4 is 34.8 Å². The molecule has 8 heteroatoms. The Kier molecular flexibility index (Phi) is 7.17. The van der Waals surface area contributed by atoms with E-state index in [2.05, 4.69) is 17.0 Å². The van der Waals surface area contributed by atoms with Crippen molar-refractivity contribution in [3.05, 3.63) is 127 Å². The highest BCUT2D eigenvalue weighted by Gasteiger charge is 2.35. The molecule has 6 nitrogen and oxygen atoms in total. The van der Waals surface area contributed by atoms with Gasteiger partial charge in [0, 0.05) is 24.3 Å². The monoisotopic (exact) mass is 553 g/mol. The predicted molar refractivity (Wildman–Crippen MR) is 155 cm³/mol. The van der Waals surface area contributed by atoms with E-state index in [1.165, 1.54) is 46.6 Å². The molecule has 1 fully saturated rings. The van der Waals surface area contributed by atoms with Gasteiger partial charge in [0.1, 0.15) is 5.82 Å². The van der Waals surface area contributed by atoms with E-state index in [1.54, 1.807) is 19.1 Å². The molecule has 0 N–H and O–H groups in total. The molecule has 2 aliphatic rings. The number of nitrogens with zero attached hydrogens (tertiary/aromatic N) is 3. The summed E-state index contributed by atoms with van der Waals surface area (Å²) in [5, 5.41) is 0. The highest BCUT2D eigenvalue weighted by molar-refractivity contribution is 7.07. The smallest absolute Gasteiger partial charge is 0.338 e. The van der Waals surface area contributed by atoms with Crippen molar-refractivity contribution in [1.82, 2.24) is 4.57 Å². The van der Waals surface area contributed by atoms with Crippen LogP contribution < -0.4 is 19.8 Å². The Bertz CT molecular complexity index is 1750. The van der Waals surface area contributed by atoms with E-state index in [0.717, 1.165) is 24.2 Å². The Hall–Kier alpha value is -4.30. The molecule has 1 saturated heterocycles. The maximum atomic E-state index is 13.9. The van der Waals surface area contributed by atoms with Crippen LogP contribution in [-0.4, -0.2) is 30.2 Å². The van der Waals surface area contributed by atoms with Crippen LogP contribution in [0.3, 0.4) is 0 Å². The van der Waals surface area contributed by atoms with Crippen molar-refractivity contribution in [2.24, 2.45) is 4.99 Å². The number of halogens is 1. The van der Waals surface area contributed by atoms with Crippen molar-refractivity contribution < 1.29 is 13.9 Å². The third-order valence-corrected chi connectivity index (χ3v) is 8.20. The number of hydrogen-bond donors (Lipinski definition) is 0. The van der Waals surface area contributed by atoms with Crippen molar-refractivity contribution in [2.45, 2.75) is 25.8 Å². The zero-order chi connectivity index (χ0) is 27.6. The summed E-state index contributed by atoms with van der Waals surface area (Å²) in [5.74, 6) is -0.968. The molecule has 2 aliphatic heterocycles. The molecule has 0 aliphatic carbocycles. The minimum absolute atomic E-state index is 0.165. The van der Waals surface area contributed by atoms with Gasteiger partial charge in [0.15, 0.2) is 4.80 Å². The van der Waals surface area contributed by atoms with Crippen molar-refractivity contribution in [3.63, 3.8) is 0 Å². The van der Waals surface area contributed by atoms with Crippen molar-refractivity contribution in [1.29, 1.82) is 0 Å². The second-order valence-corrected chi connectivity index (χ2v) is 10.8. The topological polar surface area (TPSA) is 63.9 Å². The van der Waals surface area contributed by atoms with Crippen LogP contribution in [0.15, 0.2) is 94.2 Å². The zero-order valence-corrected chi connectivity index (χ0v) is 22.9. The number of benzene rings is 3. The molecule has 0 unspecified atom stereocenters. The van der Waals surface area contributed by atoms with E-state index in [9.17, 15) is 14.0 Å². The van der Waals surface area contributed by atoms with Gasteiger partial charge in [-0.25, -0.2) is 14.2 Å². The molecular formula is C32H28FN3O3S. The molecule has 3 heterocycles. The number of fused-ring (bicyclic) bond motifs is 1. The minimum Gasteiger partial charge on any atom is -0.463 e. The fraction of sp³-hybridized carbons (Fsp3) is 0.219. The SMILES string of the molecule is CCOC(=O)C1=C(c2ccccc2)N=c2s/c(=C/c3ccc(N4CCCC4)cc3)c(=O)n2[C@H]1c1ccc(F)cc1. The molecule has 1 aromatic heterocycles. The molecule has 0 spiro atoms. The van der Waals surface area contributed by atoms with E-state index < -0.39 is 17.8 Å². The van der Waals surface area contributed by atoms with E-state index in [0.29, 0.717) is 20.6 Å². The highest BCUT2D eigenvalue weighted by Crippen LogP contribution is 2.35. The molecule has 4 aromatic rings. The summed E-state index contributed by atoms with van der Waals surface area (Å²) in [6.45, 7) is 4.03. The summed E-state index contributed by atoms with van der Waals surface area (Å²) < 4.78 is 21.4. The van der Waals surface area contributed by atoms with Crippen LogP contribution in [-0.2, 0) is 9.53 Å². The molecular weight excluding hydrogens is 525 g/mol. The number of rotatable bonds is 6. The Morgan fingerprint density at radius 2 is 1.73 bits per heavy atom. The molecule has 0 bridgehead atoms. The molecule has 40 heavy (non-hydrogen) atoms. The van der Waals surface area contributed by atoms with Crippen LogP contribution in [0.25, 0.3) is 11.8 Å². The first kappa shape index (κ1) is 26.0. The van der Waals surface area contributed by atoms with Crippen molar-refractivity contribution in [3.8, 4) is 0 Å². The summed E-state index contributed by atoms with van der Waals surface area (Å²) >= 11 is 1.27. The van der Waals surface area contributed by atoms with Gasteiger partial charge in [0.05, 0.1) is 28.5 Å². The van der Waals surface area contributed by atoms with Crippen LogP contribution >= 0.6 is 11.3 Å². The number of thiazole rings is 1. The average molecular weight is 554 g/mol. The van der Waals surface area contributed by atoms with Gasteiger partial charge < -0.3 is 9.64 Å². The van der Waals surface area contributed by atoms with E-state index in [4.69, 9.17) is 9.73 Å². The second-order valence-electron chi connectivity index (χ2n) is 9.77. The van der Waals surface area contributed by atoms with Gasteiger partial charge in [-0.15, -0.1) is 0 Å². The van der Waals surface area contributed by atoms with Gasteiger partial charge in [-0.05, 0) is 61.2 Å². The first-order valence-corrected chi connectivity index (χ1v) is 14.2. The third kappa shape index (κ3) is 4.91. The average Bonchev–Trinajstić information content (AvgIpc) is 3.62. The number of hydrogen-bond acceptors (Lipinski definition) is 6. The number of aromatic nitrogens is 1. The number of anilines is 1. The third-order valence-electron chi connectivity index (χ3n) is 7.22. The van der Waals surface area contributed by atoms with Crippen LogP contribution in [0.5, 0.6) is 0 Å². The maximum Gasteiger partial charge on any atom is 0.338 e. The Balaban J connectivity index is 1.54. The standard InChI is InChI=1S/C32H28FN3O3S/c1-2-39-31(38)27-28(22-8-4-3-5-9-22)34-32-36(29(27)23-12-14-24(33)15-13-23)30(37)26(40-32)20-21-10-16-25(17-11-21)35-18-6-7-19-35/h3-5,8-17,20,29H,2,6-7,18-19H2,1H3/b26-20+/t29-/m0/s1. The summed E-state index contributed by atoms with van der Waals surface area (Å²) in [4.78, 5) is 35.1. The molecule has 0 radical (unpaired) electrons. The van der Waals surface area contributed by atoms with E-state index in [-0.39, 0.29) is 17.7 Å². The molecule has 0 saturated carbocycles. The van der Waals surface area contributed by atoms with Gasteiger partial charge in [-0.1, -0.05) is 65.9 Å². The van der Waals surface area contributed by atoms with Crippen LogP contribution in [0.1, 0.15) is 42.5 Å². The van der Waals surface area contributed by atoms with Crippen LogP contribution in [0.4, 0.5) is 10.1 Å². The fourth-order valence-corrected chi connectivity index (χ4v) is 6.31. The van der Waals surface area contributed by atoms with Gasteiger partial charge >= 0.3 is 5.97 Å². The van der Waals surface area contributed by atoms with E-state index >= 15 is 0 Å². The largest absolute Gasteiger partial charge is 0.463 e.